The number of anilines is 1. The first-order chi connectivity index (χ1) is 12.3. The first kappa shape index (κ1) is 16.1. The average molecular weight is 340 g/mol. The molecule has 1 amide bonds. The minimum Gasteiger partial charge on any atom is -0.356 e. The van der Waals surface area contributed by atoms with Crippen molar-refractivity contribution in [1.29, 1.82) is 0 Å². The smallest absolute Gasteiger partial charge is 0.219 e. The number of carbonyl (C=O) groups is 1. The highest BCUT2D eigenvalue weighted by atomic mass is 16.1. The van der Waals surface area contributed by atoms with Crippen molar-refractivity contribution in [2.24, 2.45) is 0 Å². The fourth-order valence-electron chi connectivity index (χ4n) is 3.94. The second-order valence-electron chi connectivity index (χ2n) is 6.85. The van der Waals surface area contributed by atoms with Crippen LogP contribution in [0.15, 0.2) is 12.5 Å². The third kappa shape index (κ3) is 3.10. The summed E-state index contributed by atoms with van der Waals surface area (Å²) < 4.78 is 0. The molecule has 3 heterocycles. The number of aromatic amines is 1. The summed E-state index contributed by atoms with van der Waals surface area (Å²) in [5.74, 6) is 1.57. The van der Waals surface area contributed by atoms with Crippen LogP contribution in [-0.4, -0.2) is 39.2 Å². The minimum absolute atomic E-state index is 0.0664. The number of nitrogens with zero attached hydrogens (tertiary/aromatic N) is 4. The second kappa shape index (κ2) is 6.82. The van der Waals surface area contributed by atoms with Gasteiger partial charge in [0.1, 0.15) is 12.1 Å². The Hall–Kier alpha value is -2.44. The lowest BCUT2D eigenvalue weighted by atomic mass is 10.0. The molecule has 2 aromatic heterocycles. The standard InChI is InChI=1S/C18H24N6O/c1-2-16(25)19-8-13-9-22-23-17(13)12-6-7-24(10-12)18-14-4-3-5-15(14)20-11-21-18/h9,11-12H,2-8,10H2,1H3,(H,19,25)(H,22,23). The van der Waals surface area contributed by atoms with E-state index in [4.69, 9.17) is 0 Å². The number of nitrogens with one attached hydrogen (secondary N) is 2. The highest BCUT2D eigenvalue weighted by Gasteiger charge is 2.30. The molecule has 2 aromatic rings. The fourth-order valence-corrected chi connectivity index (χ4v) is 3.94. The zero-order valence-corrected chi connectivity index (χ0v) is 14.6. The third-order valence-corrected chi connectivity index (χ3v) is 5.30. The summed E-state index contributed by atoms with van der Waals surface area (Å²) in [7, 11) is 0. The van der Waals surface area contributed by atoms with Crippen LogP contribution >= 0.6 is 0 Å². The molecule has 132 valence electrons. The van der Waals surface area contributed by atoms with Gasteiger partial charge < -0.3 is 10.2 Å². The lowest BCUT2D eigenvalue weighted by Crippen LogP contribution is -2.24. The van der Waals surface area contributed by atoms with Gasteiger partial charge in [-0.1, -0.05) is 6.92 Å². The van der Waals surface area contributed by atoms with Crippen LogP contribution in [-0.2, 0) is 24.2 Å². The van der Waals surface area contributed by atoms with Gasteiger partial charge in [0.2, 0.25) is 5.91 Å². The summed E-state index contributed by atoms with van der Waals surface area (Å²) in [5.41, 5.74) is 4.78. The second-order valence-corrected chi connectivity index (χ2v) is 6.85. The summed E-state index contributed by atoms with van der Waals surface area (Å²) in [5, 5.41) is 10.3. The maximum atomic E-state index is 11.5. The van der Waals surface area contributed by atoms with Crippen LogP contribution in [0, 0.1) is 0 Å². The highest BCUT2D eigenvalue weighted by Crippen LogP contribution is 2.34. The quantitative estimate of drug-likeness (QED) is 0.865. The molecular formula is C18H24N6O. The van der Waals surface area contributed by atoms with E-state index in [1.807, 2.05) is 13.1 Å². The van der Waals surface area contributed by atoms with Crippen molar-refractivity contribution in [2.75, 3.05) is 18.0 Å². The van der Waals surface area contributed by atoms with E-state index in [0.29, 0.717) is 18.9 Å². The van der Waals surface area contributed by atoms with Crippen LogP contribution in [0.25, 0.3) is 0 Å². The largest absolute Gasteiger partial charge is 0.356 e. The molecule has 1 atom stereocenters. The Labute approximate surface area is 147 Å². The SMILES string of the molecule is CCC(=O)NCc1cn[nH]c1C1CCN(c2ncnc3c2CCC3)C1. The van der Waals surface area contributed by atoms with Gasteiger partial charge in [-0.05, 0) is 25.7 Å². The normalized spacial score (nSPS) is 19.2. The first-order valence-corrected chi connectivity index (χ1v) is 9.12. The van der Waals surface area contributed by atoms with Gasteiger partial charge >= 0.3 is 0 Å². The number of aryl methyl sites for hydroxylation is 1. The molecule has 1 fully saturated rings. The van der Waals surface area contributed by atoms with Gasteiger partial charge in [0, 0.05) is 54.5 Å². The van der Waals surface area contributed by atoms with E-state index in [1.165, 1.54) is 17.7 Å². The number of hydrogen-bond acceptors (Lipinski definition) is 5. The third-order valence-electron chi connectivity index (χ3n) is 5.30. The van der Waals surface area contributed by atoms with Gasteiger partial charge in [0.05, 0.1) is 6.20 Å². The van der Waals surface area contributed by atoms with E-state index in [9.17, 15) is 4.79 Å². The van der Waals surface area contributed by atoms with Gasteiger partial charge in [-0.25, -0.2) is 9.97 Å². The van der Waals surface area contributed by atoms with E-state index in [0.717, 1.165) is 49.4 Å². The molecule has 7 heteroatoms. The lowest BCUT2D eigenvalue weighted by molar-refractivity contribution is -0.120. The van der Waals surface area contributed by atoms with Gasteiger partial charge in [0.25, 0.3) is 0 Å². The number of carbonyl (C=O) groups excluding carboxylic acids is 1. The van der Waals surface area contributed by atoms with Crippen LogP contribution in [0.5, 0.6) is 0 Å². The Morgan fingerprint density at radius 1 is 1.40 bits per heavy atom. The molecule has 0 radical (unpaired) electrons. The number of amides is 1. The number of aromatic nitrogens is 4. The van der Waals surface area contributed by atoms with Crippen molar-refractivity contribution in [3.05, 3.63) is 35.0 Å². The molecule has 4 rings (SSSR count). The zero-order chi connectivity index (χ0) is 17.2. The predicted octanol–water partition coefficient (Wildman–Crippen LogP) is 1.71. The van der Waals surface area contributed by atoms with E-state index in [1.54, 1.807) is 6.33 Å². The lowest BCUT2D eigenvalue weighted by Gasteiger charge is -2.20. The first-order valence-electron chi connectivity index (χ1n) is 9.12. The van der Waals surface area contributed by atoms with Crippen LogP contribution in [0.3, 0.4) is 0 Å². The van der Waals surface area contributed by atoms with Crippen molar-refractivity contribution in [3.63, 3.8) is 0 Å². The topological polar surface area (TPSA) is 86.8 Å². The molecule has 2 N–H and O–H groups in total. The van der Waals surface area contributed by atoms with Crippen molar-refractivity contribution in [1.82, 2.24) is 25.5 Å². The molecule has 1 saturated heterocycles. The highest BCUT2D eigenvalue weighted by molar-refractivity contribution is 5.75. The summed E-state index contributed by atoms with van der Waals surface area (Å²) in [4.78, 5) is 22.9. The minimum atomic E-state index is 0.0664. The molecular weight excluding hydrogens is 316 g/mol. The molecule has 1 aliphatic carbocycles. The van der Waals surface area contributed by atoms with Gasteiger partial charge in [-0.3, -0.25) is 9.89 Å². The Bertz CT molecular complexity index is 771. The number of H-pyrrole nitrogens is 1. The van der Waals surface area contributed by atoms with E-state index in [-0.39, 0.29) is 5.91 Å². The van der Waals surface area contributed by atoms with Crippen molar-refractivity contribution in [2.45, 2.75) is 51.5 Å². The Morgan fingerprint density at radius 3 is 3.20 bits per heavy atom. The van der Waals surface area contributed by atoms with Crippen molar-refractivity contribution in [3.8, 4) is 0 Å². The number of rotatable bonds is 5. The van der Waals surface area contributed by atoms with E-state index in [2.05, 4.69) is 30.4 Å². The average Bonchev–Trinajstić information content (AvgIpc) is 3.38. The van der Waals surface area contributed by atoms with Crippen molar-refractivity contribution < 1.29 is 4.79 Å². The molecule has 0 aromatic carbocycles. The van der Waals surface area contributed by atoms with Crippen molar-refractivity contribution >= 4 is 11.7 Å². The summed E-state index contributed by atoms with van der Waals surface area (Å²) in [6, 6.07) is 0. The molecule has 0 saturated carbocycles. The molecule has 0 bridgehead atoms. The van der Waals surface area contributed by atoms with Gasteiger partial charge in [-0.15, -0.1) is 0 Å². The predicted molar refractivity (Wildman–Crippen MR) is 94.4 cm³/mol. The molecule has 2 aliphatic rings. The van der Waals surface area contributed by atoms with Crippen LogP contribution in [0.1, 0.15) is 54.6 Å². The Kier molecular flexibility index (Phi) is 4.38. The van der Waals surface area contributed by atoms with Gasteiger partial charge in [-0.2, -0.15) is 5.10 Å². The fraction of sp³-hybridized carbons (Fsp3) is 0.556. The van der Waals surface area contributed by atoms with Crippen LogP contribution in [0.4, 0.5) is 5.82 Å². The van der Waals surface area contributed by atoms with E-state index < -0.39 is 0 Å². The monoisotopic (exact) mass is 340 g/mol. The summed E-state index contributed by atoms with van der Waals surface area (Å²) in [6.45, 7) is 4.33. The van der Waals surface area contributed by atoms with E-state index >= 15 is 0 Å². The molecule has 1 unspecified atom stereocenters. The molecule has 1 aliphatic heterocycles. The Balaban J connectivity index is 1.48. The summed E-state index contributed by atoms with van der Waals surface area (Å²) in [6.07, 6.45) is 8.44. The van der Waals surface area contributed by atoms with Crippen LogP contribution < -0.4 is 10.2 Å². The van der Waals surface area contributed by atoms with Gasteiger partial charge in [0.15, 0.2) is 0 Å². The number of hydrogen-bond donors (Lipinski definition) is 2. The van der Waals surface area contributed by atoms with Crippen LogP contribution in [0.2, 0.25) is 0 Å². The molecule has 0 spiro atoms. The zero-order valence-electron chi connectivity index (χ0n) is 14.6. The Morgan fingerprint density at radius 2 is 2.32 bits per heavy atom. The summed E-state index contributed by atoms with van der Waals surface area (Å²) >= 11 is 0. The maximum Gasteiger partial charge on any atom is 0.219 e. The number of fused-ring (bicyclic) bond motifs is 1. The molecule has 25 heavy (non-hydrogen) atoms. The molecule has 7 nitrogen and oxygen atoms in total. The maximum absolute atomic E-state index is 11.5.